The molecule has 6 heteroatoms. The Hall–Kier alpha value is -2.47. The van der Waals surface area contributed by atoms with Crippen LogP contribution < -0.4 is 16.0 Å². The lowest BCUT2D eigenvalue weighted by Crippen LogP contribution is -2.24. The van der Waals surface area contributed by atoms with Crippen LogP contribution in [0.15, 0.2) is 59.5 Å². The molecule has 0 spiro atoms. The smallest absolute Gasteiger partial charge is 0.318 e. The van der Waals surface area contributed by atoms with Crippen molar-refractivity contribution < 1.29 is 9.59 Å². The SMILES string of the molecule is CNC(=O)Nc1ccc(NC(=O)C(C)Sc2ccccc2)cc1. The van der Waals surface area contributed by atoms with Crippen molar-refractivity contribution in [3.05, 3.63) is 54.6 Å². The van der Waals surface area contributed by atoms with Gasteiger partial charge in [0.1, 0.15) is 0 Å². The molecule has 23 heavy (non-hydrogen) atoms. The number of benzene rings is 2. The van der Waals surface area contributed by atoms with E-state index in [0.717, 1.165) is 4.90 Å². The van der Waals surface area contributed by atoms with E-state index in [2.05, 4.69) is 16.0 Å². The van der Waals surface area contributed by atoms with Crippen molar-refractivity contribution in [1.82, 2.24) is 5.32 Å². The quantitative estimate of drug-likeness (QED) is 0.735. The van der Waals surface area contributed by atoms with Crippen molar-refractivity contribution in [3.63, 3.8) is 0 Å². The molecule has 5 nitrogen and oxygen atoms in total. The summed E-state index contributed by atoms with van der Waals surface area (Å²) in [5.74, 6) is -0.0640. The van der Waals surface area contributed by atoms with Crippen molar-refractivity contribution in [2.45, 2.75) is 17.1 Å². The number of amides is 3. The highest BCUT2D eigenvalue weighted by Gasteiger charge is 2.14. The molecule has 2 aromatic carbocycles. The van der Waals surface area contributed by atoms with Gasteiger partial charge in [-0.25, -0.2) is 4.79 Å². The van der Waals surface area contributed by atoms with Crippen molar-refractivity contribution in [2.75, 3.05) is 17.7 Å². The van der Waals surface area contributed by atoms with E-state index in [1.165, 1.54) is 11.8 Å². The number of urea groups is 1. The third kappa shape index (κ3) is 5.34. The summed E-state index contributed by atoms with van der Waals surface area (Å²) in [4.78, 5) is 24.5. The molecule has 120 valence electrons. The summed E-state index contributed by atoms with van der Waals surface area (Å²) in [7, 11) is 1.55. The van der Waals surface area contributed by atoms with Crippen LogP contribution in [0.4, 0.5) is 16.2 Å². The van der Waals surface area contributed by atoms with E-state index in [4.69, 9.17) is 0 Å². The van der Waals surface area contributed by atoms with E-state index in [1.54, 1.807) is 31.3 Å². The Labute approximate surface area is 139 Å². The predicted molar refractivity (Wildman–Crippen MR) is 94.9 cm³/mol. The summed E-state index contributed by atoms with van der Waals surface area (Å²) in [6.07, 6.45) is 0. The zero-order chi connectivity index (χ0) is 16.7. The zero-order valence-electron chi connectivity index (χ0n) is 13.0. The van der Waals surface area contributed by atoms with Crippen LogP contribution in [0.5, 0.6) is 0 Å². The zero-order valence-corrected chi connectivity index (χ0v) is 13.8. The van der Waals surface area contributed by atoms with E-state index < -0.39 is 0 Å². The third-order valence-corrected chi connectivity index (χ3v) is 4.17. The fraction of sp³-hybridized carbons (Fsp3) is 0.176. The first-order valence-electron chi connectivity index (χ1n) is 7.20. The largest absolute Gasteiger partial charge is 0.341 e. The van der Waals surface area contributed by atoms with Gasteiger partial charge in [-0.3, -0.25) is 4.79 Å². The fourth-order valence-electron chi connectivity index (χ4n) is 1.83. The molecule has 0 fully saturated rings. The summed E-state index contributed by atoms with van der Waals surface area (Å²) in [6, 6.07) is 16.5. The Balaban J connectivity index is 1.90. The van der Waals surface area contributed by atoms with Gasteiger partial charge in [0.25, 0.3) is 0 Å². The average molecular weight is 329 g/mol. The summed E-state index contributed by atoms with van der Waals surface area (Å²) < 4.78 is 0. The number of carbonyl (C=O) groups excluding carboxylic acids is 2. The first kappa shape index (κ1) is 16.9. The van der Waals surface area contributed by atoms with Crippen LogP contribution in [0.1, 0.15) is 6.92 Å². The highest BCUT2D eigenvalue weighted by molar-refractivity contribution is 8.00. The van der Waals surface area contributed by atoms with Gasteiger partial charge in [0, 0.05) is 23.3 Å². The van der Waals surface area contributed by atoms with E-state index in [0.29, 0.717) is 11.4 Å². The molecule has 0 aromatic heterocycles. The molecule has 0 aliphatic heterocycles. The summed E-state index contributed by atoms with van der Waals surface area (Å²) in [6.45, 7) is 1.87. The standard InChI is InChI=1S/C17H19N3O2S/c1-12(23-15-6-4-3-5-7-15)16(21)19-13-8-10-14(11-9-13)20-17(22)18-2/h3-12H,1-2H3,(H,19,21)(H2,18,20,22). The maximum absolute atomic E-state index is 12.2. The number of nitrogens with one attached hydrogen (secondary N) is 3. The topological polar surface area (TPSA) is 70.2 Å². The molecular formula is C17H19N3O2S. The van der Waals surface area contributed by atoms with Gasteiger partial charge in [-0.2, -0.15) is 0 Å². The average Bonchev–Trinajstić information content (AvgIpc) is 2.57. The van der Waals surface area contributed by atoms with E-state index >= 15 is 0 Å². The molecule has 3 amide bonds. The van der Waals surface area contributed by atoms with Crippen LogP contribution in [0, 0.1) is 0 Å². The number of anilines is 2. The molecule has 0 aliphatic rings. The molecule has 0 saturated carbocycles. The Morgan fingerprint density at radius 1 is 0.913 bits per heavy atom. The van der Waals surface area contributed by atoms with Crippen LogP contribution >= 0.6 is 11.8 Å². The molecular weight excluding hydrogens is 310 g/mol. The van der Waals surface area contributed by atoms with Crippen LogP contribution in [0.3, 0.4) is 0 Å². The molecule has 0 aliphatic carbocycles. The lowest BCUT2D eigenvalue weighted by Gasteiger charge is -2.12. The molecule has 0 radical (unpaired) electrons. The first-order valence-corrected chi connectivity index (χ1v) is 8.08. The second kappa shape index (κ2) is 8.24. The van der Waals surface area contributed by atoms with Crippen LogP contribution in [-0.2, 0) is 4.79 Å². The second-order valence-corrected chi connectivity index (χ2v) is 6.26. The van der Waals surface area contributed by atoms with Crippen molar-refractivity contribution in [1.29, 1.82) is 0 Å². The van der Waals surface area contributed by atoms with Crippen molar-refractivity contribution in [2.24, 2.45) is 0 Å². The molecule has 0 bridgehead atoms. The van der Waals surface area contributed by atoms with Crippen molar-refractivity contribution >= 4 is 35.1 Å². The lowest BCUT2D eigenvalue weighted by atomic mass is 10.2. The maximum Gasteiger partial charge on any atom is 0.318 e. The van der Waals surface area contributed by atoms with E-state index in [9.17, 15) is 9.59 Å². The molecule has 0 saturated heterocycles. The molecule has 1 atom stereocenters. The van der Waals surface area contributed by atoms with Gasteiger partial charge >= 0.3 is 6.03 Å². The normalized spacial score (nSPS) is 11.4. The number of hydrogen-bond acceptors (Lipinski definition) is 3. The minimum Gasteiger partial charge on any atom is -0.341 e. The fourth-order valence-corrected chi connectivity index (χ4v) is 2.72. The minimum atomic E-state index is -0.283. The van der Waals surface area contributed by atoms with Gasteiger partial charge in [0.05, 0.1) is 5.25 Å². The number of thioether (sulfide) groups is 1. The van der Waals surface area contributed by atoms with Gasteiger partial charge < -0.3 is 16.0 Å². The number of rotatable bonds is 5. The monoisotopic (exact) mass is 329 g/mol. The molecule has 3 N–H and O–H groups in total. The number of hydrogen-bond donors (Lipinski definition) is 3. The molecule has 2 rings (SSSR count). The van der Waals surface area contributed by atoms with E-state index in [-0.39, 0.29) is 17.2 Å². The summed E-state index contributed by atoms with van der Waals surface area (Å²) in [5, 5.41) is 7.80. The Morgan fingerprint density at radius 2 is 1.48 bits per heavy atom. The Bertz CT molecular complexity index is 659. The number of carbonyl (C=O) groups is 2. The van der Waals surface area contributed by atoms with Gasteiger partial charge in [-0.15, -0.1) is 11.8 Å². The highest BCUT2D eigenvalue weighted by atomic mass is 32.2. The van der Waals surface area contributed by atoms with Gasteiger partial charge in [-0.05, 0) is 43.3 Å². The minimum absolute atomic E-state index is 0.0640. The maximum atomic E-state index is 12.2. The lowest BCUT2D eigenvalue weighted by molar-refractivity contribution is -0.115. The van der Waals surface area contributed by atoms with Gasteiger partial charge in [-0.1, -0.05) is 18.2 Å². The summed E-state index contributed by atoms with van der Waals surface area (Å²) >= 11 is 1.51. The Morgan fingerprint density at radius 3 is 2.04 bits per heavy atom. The Kier molecular flexibility index (Phi) is 6.05. The second-order valence-electron chi connectivity index (χ2n) is 4.84. The van der Waals surface area contributed by atoms with Crippen LogP contribution in [0.2, 0.25) is 0 Å². The van der Waals surface area contributed by atoms with Gasteiger partial charge in [0.15, 0.2) is 0 Å². The molecule has 0 heterocycles. The molecule has 1 unspecified atom stereocenters. The first-order chi connectivity index (χ1) is 11.1. The molecule has 2 aromatic rings. The van der Waals surface area contributed by atoms with Crippen LogP contribution in [-0.4, -0.2) is 24.2 Å². The van der Waals surface area contributed by atoms with Gasteiger partial charge in [0.2, 0.25) is 5.91 Å². The third-order valence-electron chi connectivity index (χ3n) is 3.06. The van der Waals surface area contributed by atoms with Crippen LogP contribution in [0.25, 0.3) is 0 Å². The van der Waals surface area contributed by atoms with E-state index in [1.807, 2.05) is 37.3 Å². The highest BCUT2D eigenvalue weighted by Crippen LogP contribution is 2.24. The summed E-state index contributed by atoms with van der Waals surface area (Å²) in [5.41, 5.74) is 1.35. The van der Waals surface area contributed by atoms with Crippen molar-refractivity contribution in [3.8, 4) is 0 Å². The predicted octanol–water partition coefficient (Wildman–Crippen LogP) is 3.56.